The fourth-order valence-electron chi connectivity index (χ4n) is 2.83. The molecule has 3 rings (SSSR count). The van der Waals surface area contributed by atoms with E-state index in [1.165, 1.54) is 49.0 Å². The number of hydrogen-bond acceptors (Lipinski definition) is 2. The molecule has 1 aromatic carbocycles. The van der Waals surface area contributed by atoms with Gasteiger partial charge in [0.1, 0.15) is 0 Å². The Hall–Kier alpha value is -0.430. The molecule has 1 aliphatic heterocycles. The lowest BCUT2D eigenvalue weighted by Gasteiger charge is -2.09. The number of nitrogens with one attached hydrogen (secondary N) is 1. The SMILES string of the molecule is I.NC(=NCC1CCCS1)Nc1ccc2c(c1)CCC2. The van der Waals surface area contributed by atoms with Crippen molar-refractivity contribution in [2.75, 3.05) is 17.6 Å². The van der Waals surface area contributed by atoms with Gasteiger partial charge in [-0.25, -0.2) is 0 Å². The maximum absolute atomic E-state index is 5.96. The van der Waals surface area contributed by atoms with Crippen LogP contribution < -0.4 is 11.1 Å². The van der Waals surface area contributed by atoms with E-state index in [0.29, 0.717) is 11.2 Å². The summed E-state index contributed by atoms with van der Waals surface area (Å²) in [6.45, 7) is 0.842. The number of benzene rings is 1. The molecule has 1 aliphatic carbocycles. The first-order valence-electron chi connectivity index (χ1n) is 7.11. The van der Waals surface area contributed by atoms with Crippen molar-refractivity contribution in [2.45, 2.75) is 37.4 Å². The Labute approximate surface area is 142 Å². The summed E-state index contributed by atoms with van der Waals surface area (Å²) in [5, 5.41) is 3.88. The second kappa shape index (κ2) is 7.54. The minimum atomic E-state index is 0. The van der Waals surface area contributed by atoms with E-state index in [4.69, 9.17) is 5.73 Å². The summed E-state index contributed by atoms with van der Waals surface area (Å²) in [6, 6.07) is 6.54. The predicted molar refractivity (Wildman–Crippen MR) is 99.5 cm³/mol. The molecular weight excluding hydrogens is 381 g/mol. The first-order valence-corrected chi connectivity index (χ1v) is 8.16. The van der Waals surface area contributed by atoms with Crippen molar-refractivity contribution >= 4 is 47.4 Å². The van der Waals surface area contributed by atoms with Crippen molar-refractivity contribution in [1.29, 1.82) is 0 Å². The fourth-order valence-corrected chi connectivity index (χ4v) is 4.01. The third-order valence-corrected chi connectivity index (χ3v) is 5.24. The zero-order valence-electron chi connectivity index (χ0n) is 11.6. The molecule has 1 saturated heterocycles. The van der Waals surface area contributed by atoms with Gasteiger partial charge in [-0.15, -0.1) is 24.0 Å². The zero-order chi connectivity index (χ0) is 13.1. The number of anilines is 1. The van der Waals surface area contributed by atoms with Crippen LogP contribution in [-0.4, -0.2) is 23.5 Å². The molecule has 5 heteroatoms. The number of rotatable bonds is 3. The lowest BCUT2D eigenvalue weighted by atomic mass is 10.1. The first-order chi connectivity index (χ1) is 9.31. The van der Waals surface area contributed by atoms with Gasteiger partial charge < -0.3 is 11.1 Å². The quantitative estimate of drug-likeness (QED) is 0.462. The highest BCUT2D eigenvalue weighted by atomic mass is 127. The largest absolute Gasteiger partial charge is 0.370 e. The molecule has 0 bridgehead atoms. The molecule has 0 aromatic heterocycles. The van der Waals surface area contributed by atoms with Crippen LogP contribution in [0.15, 0.2) is 23.2 Å². The highest BCUT2D eigenvalue weighted by Crippen LogP contribution is 2.26. The molecule has 0 spiro atoms. The van der Waals surface area contributed by atoms with Crippen LogP contribution in [0.25, 0.3) is 0 Å². The second-order valence-electron chi connectivity index (χ2n) is 5.32. The fraction of sp³-hybridized carbons (Fsp3) is 0.533. The number of hydrogen-bond donors (Lipinski definition) is 2. The van der Waals surface area contributed by atoms with Crippen molar-refractivity contribution in [1.82, 2.24) is 0 Å². The van der Waals surface area contributed by atoms with Crippen LogP contribution in [0.5, 0.6) is 0 Å². The molecule has 1 fully saturated rings. The van der Waals surface area contributed by atoms with Crippen LogP contribution in [0.2, 0.25) is 0 Å². The monoisotopic (exact) mass is 403 g/mol. The lowest BCUT2D eigenvalue weighted by Crippen LogP contribution is -2.24. The highest BCUT2D eigenvalue weighted by Gasteiger charge is 2.15. The van der Waals surface area contributed by atoms with Crippen molar-refractivity contribution in [3.63, 3.8) is 0 Å². The molecule has 20 heavy (non-hydrogen) atoms. The molecule has 1 unspecified atom stereocenters. The Kier molecular flexibility index (Phi) is 6.01. The van der Waals surface area contributed by atoms with E-state index in [-0.39, 0.29) is 24.0 Å². The van der Waals surface area contributed by atoms with Crippen LogP contribution in [0, 0.1) is 0 Å². The summed E-state index contributed by atoms with van der Waals surface area (Å²) in [4.78, 5) is 4.46. The Morgan fingerprint density at radius 2 is 2.15 bits per heavy atom. The predicted octanol–water partition coefficient (Wildman–Crippen LogP) is 3.42. The zero-order valence-corrected chi connectivity index (χ0v) is 14.7. The van der Waals surface area contributed by atoms with Crippen LogP contribution in [0.3, 0.4) is 0 Å². The van der Waals surface area contributed by atoms with Crippen molar-refractivity contribution < 1.29 is 0 Å². The summed E-state index contributed by atoms with van der Waals surface area (Å²) < 4.78 is 0. The van der Waals surface area contributed by atoms with Gasteiger partial charge in [-0.3, -0.25) is 4.99 Å². The summed E-state index contributed by atoms with van der Waals surface area (Å²) in [7, 11) is 0. The molecule has 3 N–H and O–H groups in total. The minimum Gasteiger partial charge on any atom is -0.370 e. The third kappa shape index (κ3) is 4.04. The molecule has 0 saturated carbocycles. The maximum Gasteiger partial charge on any atom is 0.193 e. The highest BCUT2D eigenvalue weighted by molar-refractivity contribution is 14.0. The maximum atomic E-state index is 5.96. The van der Waals surface area contributed by atoms with Crippen LogP contribution >= 0.6 is 35.7 Å². The topological polar surface area (TPSA) is 50.4 Å². The van der Waals surface area contributed by atoms with Crippen LogP contribution in [0.1, 0.15) is 30.4 Å². The van der Waals surface area contributed by atoms with Crippen molar-refractivity contribution in [3.8, 4) is 0 Å². The van der Waals surface area contributed by atoms with Crippen molar-refractivity contribution in [3.05, 3.63) is 29.3 Å². The van der Waals surface area contributed by atoms with E-state index < -0.39 is 0 Å². The first kappa shape index (κ1) is 15.9. The van der Waals surface area contributed by atoms with Gasteiger partial charge in [-0.1, -0.05) is 6.07 Å². The average Bonchev–Trinajstić information content (AvgIpc) is 3.07. The number of nitrogens with two attached hydrogens (primary N) is 1. The number of fused-ring (bicyclic) bond motifs is 1. The van der Waals surface area contributed by atoms with E-state index >= 15 is 0 Å². The molecule has 0 amide bonds. The Bertz CT molecular complexity index is 484. The number of aliphatic imine (C=N–C) groups is 1. The molecule has 2 aliphatic rings. The number of guanidine groups is 1. The number of thioether (sulfide) groups is 1. The third-order valence-electron chi connectivity index (χ3n) is 3.86. The molecule has 1 aromatic rings. The van der Waals surface area contributed by atoms with Crippen LogP contribution in [-0.2, 0) is 12.8 Å². The van der Waals surface area contributed by atoms with E-state index in [1.54, 1.807) is 0 Å². The Balaban J connectivity index is 0.00000147. The Morgan fingerprint density at radius 3 is 2.95 bits per heavy atom. The average molecular weight is 403 g/mol. The standard InChI is InChI=1S/C15H21N3S.HI/c16-15(17-10-14-5-2-8-19-14)18-13-7-6-11-3-1-4-12(11)9-13;/h6-7,9,14H,1-5,8,10H2,(H3,16,17,18);1H. The molecule has 0 radical (unpaired) electrons. The normalized spacial score (nSPS) is 21.4. The summed E-state index contributed by atoms with van der Waals surface area (Å²) >= 11 is 2.02. The summed E-state index contributed by atoms with van der Waals surface area (Å²) in [5.74, 6) is 1.82. The van der Waals surface area contributed by atoms with Gasteiger partial charge in [0.15, 0.2) is 5.96 Å². The van der Waals surface area contributed by atoms with Gasteiger partial charge in [-0.05, 0) is 61.1 Å². The van der Waals surface area contributed by atoms with E-state index in [0.717, 1.165) is 12.2 Å². The number of nitrogens with zero attached hydrogens (tertiary/aromatic N) is 1. The van der Waals surface area contributed by atoms with Gasteiger partial charge in [0.2, 0.25) is 0 Å². The molecule has 1 atom stereocenters. The smallest absolute Gasteiger partial charge is 0.193 e. The lowest BCUT2D eigenvalue weighted by molar-refractivity contribution is 0.786. The van der Waals surface area contributed by atoms with Crippen LogP contribution in [0.4, 0.5) is 5.69 Å². The molecule has 110 valence electrons. The summed E-state index contributed by atoms with van der Waals surface area (Å²) in [5.41, 5.74) is 9.98. The van der Waals surface area contributed by atoms with Crippen molar-refractivity contribution in [2.24, 2.45) is 10.7 Å². The van der Waals surface area contributed by atoms with Gasteiger partial charge in [0.25, 0.3) is 0 Å². The molecule has 1 heterocycles. The Morgan fingerprint density at radius 1 is 1.30 bits per heavy atom. The van der Waals surface area contributed by atoms with E-state index in [1.807, 2.05) is 11.8 Å². The van der Waals surface area contributed by atoms with E-state index in [9.17, 15) is 0 Å². The molecular formula is C15H22IN3S. The van der Waals surface area contributed by atoms with Gasteiger partial charge >= 0.3 is 0 Å². The van der Waals surface area contributed by atoms with Gasteiger partial charge in [-0.2, -0.15) is 11.8 Å². The molecule has 3 nitrogen and oxygen atoms in total. The van der Waals surface area contributed by atoms with E-state index in [2.05, 4.69) is 28.5 Å². The number of aryl methyl sites for hydroxylation is 2. The second-order valence-corrected chi connectivity index (χ2v) is 6.73. The van der Waals surface area contributed by atoms with Gasteiger partial charge in [0.05, 0.1) is 6.54 Å². The van der Waals surface area contributed by atoms with Gasteiger partial charge in [0, 0.05) is 10.9 Å². The number of halogens is 1. The minimum absolute atomic E-state index is 0. The summed E-state index contributed by atoms with van der Waals surface area (Å²) in [6.07, 6.45) is 6.29.